The Morgan fingerprint density at radius 2 is 1.54 bits per heavy atom. The molecule has 0 atom stereocenters. The van der Waals surface area contributed by atoms with Crippen LogP contribution in [0.15, 0.2) is 24.3 Å². The molecule has 0 unspecified atom stereocenters. The van der Waals surface area contributed by atoms with Gasteiger partial charge in [-0.25, -0.2) is 4.79 Å². The van der Waals surface area contributed by atoms with Crippen molar-refractivity contribution in [1.29, 1.82) is 0 Å². The summed E-state index contributed by atoms with van der Waals surface area (Å²) in [4.78, 5) is 34.8. The lowest BCUT2D eigenvalue weighted by Gasteiger charge is -2.19. The molecule has 0 aliphatic heterocycles. The van der Waals surface area contributed by atoms with Crippen LogP contribution in [0.4, 0.5) is 4.79 Å². The molecule has 3 amide bonds. The Morgan fingerprint density at radius 3 is 2.12 bits per heavy atom. The summed E-state index contributed by atoms with van der Waals surface area (Å²) in [6, 6.07) is 7.09. The normalized spacial score (nSPS) is 10.8. The fraction of sp³-hybridized carbons (Fsp3) is 0.500. The number of ether oxygens (including phenoxy) is 1. The van der Waals surface area contributed by atoms with Gasteiger partial charge in [-0.15, -0.1) is 0 Å². The molecule has 0 saturated heterocycles. The molecule has 8 heteroatoms. The number of carbonyl (C=O) groups excluding carboxylic acids is 3. The number of rotatable bonds is 8. The zero-order valence-electron chi connectivity index (χ0n) is 15.4. The first kappa shape index (κ1) is 21.8. The van der Waals surface area contributed by atoms with E-state index < -0.39 is 11.7 Å². The molecule has 1 rings (SSSR count). The molecule has 0 fully saturated rings. The minimum atomic E-state index is -0.637. The molecule has 0 aliphatic rings. The van der Waals surface area contributed by atoms with Crippen molar-refractivity contribution in [2.45, 2.75) is 39.2 Å². The van der Waals surface area contributed by atoms with Crippen molar-refractivity contribution in [3.63, 3.8) is 0 Å². The SMILES string of the molecule is CC(C)(C)OC(=O)NCC(=O)NCCCNC(=O)Cc1ccc(Cl)cc1. The molecule has 1 aromatic carbocycles. The first-order valence-electron chi connectivity index (χ1n) is 8.40. The highest BCUT2D eigenvalue weighted by Crippen LogP contribution is 2.09. The van der Waals surface area contributed by atoms with Crippen LogP contribution in [-0.2, 0) is 20.7 Å². The molecule has 26 heavy (non-hydrogen) atoms. The van der Waals surface area contributed by atoms with Gasteiger partial charge in [0, 0.05) is 18.1 Å². The maximum atomic E-state index is 11.8. The van der Waals surface area contributed by atoms with E-state index in [0.717, 1.165) is 5.56 Å². The summed E-state index contributed by atoms with van der Waals surface area (Å²) in [7, 11) is 0. The smallest absolute Gasteiger partial charge is 0.408 e. The molecule has 0 radical (unpaired) electrons. The van der Waals surface area contributed by atoms with E-state index in [4.69, 9.17) is 16.3 Å². The minimum absolute atomic E-state index is 0.0924. The van der Waals surface area contributed by atoms with Gasteiger partial charge in [-0.1, -0.05) is 23.7 Å². The Balaban J connectivity index is 2.09. The highest BCUT2D eigenvalue weighted by molar-refractivity contribution is 6.30. The number of nitrogens with one attached hydrogen (secondary N) is 3. The molecule has 0 saturated carbocycles. The van der Waals surface area contributed by atoms with Crippen LogP contribution in [0.5, 0.6) is 0 Å². The largest absolute Gasteiger partial charge is 0.444 e. The average Bonchev–Trinajstić information content (AvgIpc) is 2.53. The number of carbonyl (C=O) groups is 3. The van der Waals surface area contributed by atoms with Crippen molar-refractivity contribution in [3.8, 4) is 0 Å². The van der Waals surface area contributed by atoms with Gasteiger partial charge in [-0.3, -0.25) is 9.59 Å². The number of benzene rings is 1. The highest BCUT2D eigenvalue weighted by atomic mass is 35.5. The third kappa shape index (κ3) is 10.6. The Hall–Kier alpha value is -2.28. The van der Waals surface area contributed by atoms with Crippen molar-refractivity contribution in [2.24, 2.45) is 0 Å². The van der Waals surface area contributed by atoms with Gasteiger partial charge >= 0.3 is 6.09 Å². The van der Waals surface area contributed by atoms with Crippen LogP contribution in [0.3, 0.4) is 0 Å². The van der Waals surface area contributed by atoms with Gasteiger partial charge in [-0.2, -0.15) is 0 Å². The Morgan fingerprint density at radius 1 is 0.962 bits per heavy atom. The van der Waals surface area contributed by atoms with E-state index in [2.05, 4.69) is 16.0 Å². The summed E-state index contributed by atoms with van der Waals surface area (Å²) >= 11 is 5.79. The summed E-state index contributed by atoms with van der Waals surface area (Å²) in [5.74, 6) is -0.409. The minimum Gasteiger partial charge on any atom is -0.444 e. The van der Waals surface area contributed by atoms with E-state index in [0.29, 0.717) is 24.5 Å². The van der Waals surface area contributed by atoms with Crippen LogP contribution in [0.1, 0.15) is 32.8 Å². The predicted octanol–water partition coefficient (Wildman–Crippen LogP) is 2.03. The molecule has 144 valence electrons. The van der Waals surface area contributed by atoms with Crippen LogP contribution >= 0.6 is 11.6 Å². The third-order valence-electron chi connectivity index (χ3n) is 3.07. The lowest BCUT2D eigenvalue weighted by molar-refractivity contribution is -0.120. The van der Waals surface area contributed by atoms with E-state index >= 15 is 0 Å². The van der Waals surface area contributed by atoms with E-state index in [9.17, 15) is 14.4 Å². The topological polar surface area (TPSA) is 96.5 Å². The van der Waals surface area contributed by atoms with Gasteiger partial charge in [0.25, 0.3) is 0 Å². The van der Waals surface area contributed by atoms with Crippen LogP contribution in [0, 0.1) is 0 Å². The van der Waals surface area contributed by atoms with Gasteiger partial charge in [0.1, 0.15) is 5.60 Å². The molecule has 0 heterocycles. The average molecular weight is 384 g/mol. The van der Waals surface area contributed by atoms with Gasteiger partial charge in [0.05, 0.1) is 13.0 Å². The van der Waals surface area contributed by atoms with Crippen molar-refractivity contribution < 1.29 is 19.1 Å². The van der Waals surface area contributed by atoms with Gasteiger partial charge < -0.3 is 20.7 Å². The molecule has 3 N–H and O–H groups in total. The molecular formula is C18H26ClN3O4. The first-order chi connectivity index (χ1) is 12.2. The lowest BCUT2D eigenvalue weighted by Crippen LogP contribution is -2.40. The Bertz CT molecular complexity index is 612. The van der Waals surface area contributed by atoms with E-state index in [1.54, 1.807) is 45.0 Å². The standard InChI is InChI=1S/C18H26ClN3O4/c1-18(2,3)26-17(25)22-12-16(24)21-10-4-9-20-15(23)11-13-5-7-14(19)8-6-13/h5-8H,4,9-12H2,1-3H3,(H,20,23)(H,21,24)(H,22,25). The fourth-order valence-electron chi connectivity index (χ4n) is 1.92. The second kappa shape index (κ2) is 10.7. The fourth-order valence-corrected chi connectivity index (χ4v) is 2.05. The van der Waals surface area contributed by atoms with E-state index in [1.807, 2.05) is 0 Å². The molecular weight excluding hydrogens is 358 g/mol. The van der Waals surface area contributed by atoms with Crippen molar-refractivity contribution in [3.05, 3.63) is 34.9 Å². The molecule has 1 aromatic rings. The van der Waals surface area contributed by atoms with Gasteiger partial charge in [0.15, 0.2) is 0 Å². The van der Waals surface area contributed by atoms with Crippen molar-refractivity contribution in [1.82, 2.24) is 16.0 Å². The molecule has 0 aromatic heterocycles. The van der Waals surface area contributed by atoms with E-state index in [1.165, 1.54) is 0 Å². The molecule has 0 spiro atoms. The zero-order chi connectivity index (χ0) is 19.6. The molecule has 7 nitrogen and oxygen atoms in total. The summed E-state index contributed by atoms with van der Waals surface area (Å²) in [5, 5.41) is 8.45. The van der Waals surface area contributed by atoms with Gasteiger partial charge in [0.2, 0.25) is 11.8 Å². The molecule has 0 aliphatic carbocycles. The Kier molecular flexibility index (Phi) is 8.92. The highest BCUT2D eigenvalue weighted by Gasteiger charge is 2.16. The summed E-state index contributed by atoms with van der Waals surface area (Å²) in [6.07, 6.45) is 0.232. The maximum absolute atomic E-state index is 11.8. The van der Waals surface area contributed by atoms with Crippen molar-refractivity contribution >= 4 is 29.5 Å². The van der Waals surface area contributed by atoms with Crippen LogP contribution < -0.4 is 16.0 Å². The van der Waals surface area contributed by atoms with Gasteiger partial charge in [-0.05, 0) is 44.9 Å². The summed E-state index contributed by atoms with van der Waals surface area (Å²) in [6.45, 7) is 5.93. The summed E-state index contributed by atoms with van der Waals surface area (Å²) in [5.41, 5.74) is 0.276. The second-order valence-corrected chi connectivity index (χ2v) is 7.15. The summed E-state index contributed by atoms with van der Waals surface area (Å²) < 4.78 is 5.03. The second-order valence-electron chi connectivity index (χ2n) is 6.71. The number of alkyl carbamates (subject to hydrolysis) is 1. The quantitative estimate of drug-likeness (QED) is 0.598. The number of halogens is 1. The van der Waals surface area contributed by atoms with E-state index in [-0.39, 0.29) is 24.8 Å². The maximum Gasteiger partial charge on any atom is 0.408 e. The Labute approximate surface area is 158 Å². The number of hydrogen-bond acceptors (Lipinski definition) is 4. The molecule has 0 bridgehead atoms. The van der Waals surface area contributed by atoms with Crippen LogP contribution in [0.2, 0.25) is 5.02 Å². The number of amides is 3. The first-order valence-corrected chi connectivity index (χ1v) is 8.78. The van der Waals surface area contributed by atoms with Crippen LogP contribution in [-0.4, -0.2) is 43.1 Å². The zero-order valence-corrected chi connectivity index (χ0v) is 16.1. The predicted molar refractivity (Wildman–Crippen MR) is 100 cm³/mol. The number of hydrogen-bond donors (Lipinski definition) is 3. The lowest BCUT2D eigenvalue weighted by atomic mass is 10.1. The monoisotopic (exact) mass is 383 g/mol. The van der Waals surface area contributed by atoms with Crippen LogP contribution in [0.25, 0.3) is 0 Å². The third-order valence-corrected chi connectivity index (χ3v) is 3.32. The van der Waals surface area contributed by atoms with Crippen molar-refractivity contribution in [2.75, 3.05) is 19.6 Å².